The molecule has 2 rings (SSSR count). The molecule has 0 heterocycles. The molecule has 0 radical (unpaired) electrons. The summed E-state index contributed by atoms with van der Waals surface area (Å²) in [7, 11) is 0. The zero-order chi connectivity index (χ0) is 14.8. The van der Waals surface area contributed by atoms with Gasteiger partial charge in [0, 0.05) is 16.0 Å². The molecule has 1 nitrogen and oxygen atoms in total. The van der Waals surface area contributed by atoms with Gasteiger partial charge >= 0.3 is 0 Å². The lowest BCUT2D eigenvalue weighted by molar-refractivity contribution is 0.454. The summed E-state index contributed by atoms with van der Waals surface area (Å²) in [5.74, 6) is -0.385. The lowest BCUT2D eigenvalue weighted by atomic mass is 9.76. The number of hydrogen-bond donors (Lipinski definition) is 1. The number of benzene rings is 1. The highest BCUT2D eigenvalue weighted by Gasteiger charge is 2.29. The molecule has 0 spiro atoms. The standard InChI is InChI=1S/C16H19F2NS/c1-11-5-4-10-16(2,19)13(11)9-8-12-14(17)6-3-7-15(12)20-18/h3,6-7,9H,1,4-5,8,10,19H2,2H3/b13-9+. The highest BCUT2D eigenvalue weighted by atomic mass is 32.2. The molecule has 1 aliphatic rings. The molecule has 0 aromatic heterocycles. The first-order chi connectivity index (χ1) is 9.45. The Kier molecular flexibility index (Phi) is 4.66. The molecule has 0 saturated heterocycles. The Morgan fingerprint density at radius 2 is 2.25 bits per heavy atom. The normalized spacial score (nSPS) is 25.2. The Hall–Kier alpha value is -1.13. The SMILES string of the molecule is C=C1CCCC(C)(N)/C1=C/Cc1c(F)cccc1SF. The summed E-state index contributed by atoms with van der Waals surface area (Å²) in [5.41, 5.74) is 8.21. The van der Waals surface area contributed by atoms with Crippen LogP contribution in [-0.4, -0.2) is 5.54 Å². The van der Waals surface area contributed by atoms with Crippen LogP contribution >= 0.6 is 12.1 Å². The number of allylic oxidation sites excluding steroid dienone is 1. The monoisotopic (exact) mass is 295 g/mol. The van der Waals surface area contributed by atoms with E-state index in [-0.39, 0.29) is 18.0 Å². The Labute approximate surface area is 123 Å². The molecule has 1 unspecified atom stereocenters. The van der Waals surface area contributed by atoms with Crippen molar-refractivity contribution in [1.82, 2.24) is 0 Å². The Bertz CT molecular complexity index is 549. The molecule has 0 bridgehead atoms. The summed E-state index contributed by atoms with van der Waals surface area (Å²) in [6.07, 6.45) is 5.06. The van der Waals surface area contributed by atoms with E-state index in [4.69, 9.17) is 5.73 Å². The summed E-state index contributed by atoms with van der Waals surface area (Å²) < 4.78 is 26.7. The number of nitrogens with two attached hydrogens (primary N) is 1. The lowest BCUT2D eigenvalue weighted by Gasteiger charge is -2.34. The van der Waals surface area contributed by atoms with Gasteiger partial charge in [0.15, 0.2) is 0 Å². The van der Waals surface area contributed by atoms with Gasteiger partial charge < -0.3 is 5.73 Å². The van der Waals surface area contributed by atoms with E-state index in [2.05, 4.69) is 6.58 Å². The third-order valence-electron chi connectivity index (χ3n) is 3.84. The van der Waals surface area contributed by atoms with Crippen molar-refractivity contribution in [2.45, 2.75) is 43.0 Å². The molecular weight excluding hydrogens is 276 g/mol. The molecule has 1 aliphatic carbocycles. The van der Waals surface area contributed by atoms with Gasteiger partial charge in [-0.3, -0.25) is 0 Å². The van der Waals surface area contributed by atoms with E-state index in [1.165, 1.54) is 12.1 Å². The maximum Gasteiger partial charge on any atom is 0.127 e. The summed E-state index contributed by atoms with van der Waals surface area (Å²) in [5, 5.41) is 0. The maximum absolute atomic E-state index is 13.8. The van der Waals surface area contributed by atoms with E-state index >= 15 is 0 Å². The van der Waals surface area contributed by atoms with Gasteiger partial charge in [0.2, 0.25) is 0 Å². The van der Waals surface area contributed by atoms with Crippen molar-refractivity contribution >= 4 is 12.1 Å². The first kappa shape index (κ1) is 15.3. The van der Waals surface area contributed by atoms with Gasteiger partial charge in [-0.1, -0.05) is 24.3 Å². The van der Waals surface area contributed by atoms with E-state index in [0.717, 1.165) is 30.4 Å². The number of hydrogen-bond acceptors (Lipinski definition) is 2. The van der Waals surface area contributed by atoms with Crippen LogP contribution in [0.5, 0.6) is 0 Å². The molecule has 1 aromatic carbocycles. The van der Waals surface area contributed by atoms with Crippen molar-refractivity contribution in [3.63, 3.8) is 0 Å². The van der Waals surface area contributed by atoms with Crippen LogP contribution in [0.25, 0.3) is 0 Å². The smallest absolute Gasteiger partial charge is 0.127 e. The lowest BCUT2D eigenvalue weighted by Crippen LogP contribution is -2.41. The molecule has 20 heavy (non-hydrogen) atoms. The van der Waals surface area contributed by atoms with Gasteiger partial charge in [0.05, 0.1) is 12.1 Å². The molecule has 0 amide bonds. The average Bonchev–Trinajstić information content (AvgIpc) is 2.38. The second kappa shape index (κ2) is 6.10. The summed E-state index contributed by atoms with van der Waals surface area (Å²) in [6, 6.07) is 4.45. The minimum atomic E-state index is -0.427. The number of halogens is 2. The van der Waals surface area contributed by atoms with Gasteiger partial charge in [0.1, 0.15) is 5.82 Å². The van der Waals surface area contributed by atoms with Crippen LogP contribution in [0.1, 0.15) is 31.7 Å². The van der Waals surface area contributed by atoms with Gasteiger partial charge in [-0.05, 0) is 50.3 Å². The minimum Gasteiger partial charge on any atom is -0.322 e. The molecular formula is C16H19F2NS. The van der Waals surface area contributed by atoms with Crippen LogP contribution in [0.15, 0.2) is 46.9 Å². The molecule has 108 valence electrons. The first-order valence-corrected chi connectivity index (χ1v) is 7.41. The predicted octanol–water partition coefficient (Wildman–Crippen LogP) is 4.73. The van der Waals surface area contributed by atoms with Crippen molar-refractivity contribution in [3.8, 4) is 0 Å². The van der Waals surface area contributed by atoms with Crippen LogP contribution in [0.2, 0.25) is 0 Å². The maximum atomic E-state index is 13.8. The summed E-state index contributed by atoms with van der Waals surface area (Å²) in [6.45, 7) is 6.01. The topological polar surface area (TPSA) is 26.0 Å². The zero-order valence-electron chi connectivity index (χ0n) is 11.6. The molecule has 1 saturated carbocycles. The fraction of sp³-hybridized carbons (Fsp3) is 0.375. The highest BCUT2D eigenvalue weighted by Crippen LogP contribution is 2.35. The molecule has 1 aromatic rings. The Morgan fingerprint density at radius 1 is 1.50 bits per heavy atom. The van der Waals surface area contributed by atoms with Gasteiger partial charge in [-0.2, -0.15) is 3.89 Å². The van der Waals surface area contributed by atoms with Crippen LogP contribution in [0, 0.1) is 5.82 Å². The third kappa shape index (κ3) is 3.13. The van der Waals surface area contributed by atoms with E-state index < -0.39 is 5.54 Å². The first-order valence-electron chi connectivity index (χ1n) is 6.69. The third-order valence-corrected chi connectivity index (χ3v) is 4.39. The van der Waals surface area contributed by atoms with Crippen LogP contribution in [0.3, 0.4) is 0 Å². The Balaban J connectivity index is 2.30. The predicted molar refractivity (Wildman–Crippen MR) is 80.7 cm³/mol. The molecule has 2 N–H and O–H groups in total. The summed E-state index contributed by atoms with van der Waals surface area (Å²) in [4.78, 5) is 0.321. The van der Waals surface area contributed by atoms with Crippen LogP contribution in [-0.2, 0) is 6.42 Å². The average molecular weight is 295 g/mol. The van der Waals surface area contributed by atoms with E-state index in [9.17, 15) is 8.28 Å². The highest BCUT2D eigenvalue weighted by molar-refractivity contribution is 7.94. The van der Waals surface area contributed by atoms with Crippen molar-refractivity contribution in [3.05, 3.63) is 53.4 Å². The van der Waals surface area contributed by atoms with E-state index in [1.54, 1.807) is 6.07 Å². The van der Waals surface area contributed by atoms with E-state index in [0.29, 0.717) is 16.9 Å². The number of rotatable bonds is 3. The molecule has 1 atom stereocenters. The fourth-order valence-corrected chi connectivity index (χ4v) is 3.14. The Morgan fingerprint density at radius 3 is 2.90 bits per heavy atom. The van der Waals surface area contributed by atoms with Crippen LogP contribution in [0.4, 0.5) is 8.28 Å². The van der Waals surface area contributed by atoms with Gasteiger partial charge in [-0.25, -0.2) is 4.39 Å². The molecule has 1 fully saturated rings. The van der Waals surface area contributed by atoms with Crippen molar-refractivity contribution in [2.75, 3.05) is 0 Å². The second-order valence-electron chi connectivity index (χ2n) is 5.49. The zero-order valence-corrected chi connectivity index (χ0v) is 12.4. The molecule has 0 aliphatic heterocycles. The van der Waals surface area contributed by atoms with Gasteiger partial charge in [0.25, 0.3) is 0 Å². The quantitative estimate of drug-likeness (QED) is 0.872. The van der Waals surface area contributed by atoms with Gasteiger partial charge in [-0.15, -0.1) is 0 Å². The van der Waals surface area contributed by atoms with Crippen molar-refractivity contribution in [2.24, 2.45) is 5.73 Å². The minimum absolute atomic E-state index is 0.0739. The summed E-state index contributed by atoms with van der Waals surface area (Å²) >= 11 is 0.0739. The second-order valence-corrected chi connectivity index (χ2v) is 6.08. The largest absolute Gasteiger partial charge is 0.322 e. The van der Waals surface area contributed by atoms with E-state index in [1.807, 2.05) is 13.0 Å². The fourth-order valence-electron chi connectivity index (χ4n) is 2.73. The van der Waals surface area contributed by atoms with Crippen molar-refractivity contribution < 1.29 is 8.28 Å². The molecule has 4 heteroatoms. The van der Waals surface area contributed by atoms with Crippen molar-refractivity contribution in [1.29, 1.82) is 0 Å². The van der Waals surface area contributed by atoms with Crippen LogP contribution < -0.4 is 5.73 Å².